The van der Waals surface area contributed by atoms with Crippen LogP contribution in [0.1, 0.15) is 105 Å². The molecule has 8 unspecified atom stereocenters. The maximum absolute atomic E-state index is 13.3. The number of nitrogens with two attached hydrogens (primary N) is 1. The molecule has 0 aliphatic carbocycles. The fourth-order valence-corrected chi connectivity index (χ4v) is 8.70. The quantitative estimate of drug-likeness (QED) is 0.0336. The summed E-state index contributed by atoms with van der Waals surface area (Å²) in [5.74, 6) is -0.945. The van der Waals surface area contributed by atoms with Gasteiger partial charge in [-0.3, -0.25) is 14.4 Å². The van der Waals surface area contributed by atoms with Crippen LogP contribution in [0.4, 0.5) is 11.4 Å². The first-order valence-electron chi connectivity index (χ1n) is 23.9. The molecule has 18 heteroatoms. The minimum absolute atomic E-state index is 0.300. The number of unbranched alkanes of at least 4 members (excludes halogenated alkanes) is 2. The molecule has 18 nitrogen and oxygen atoms in total. The molecular weight excluding hydrogens is 903 g/mol. The van der Waals surface area contributed by atoms with E-state index in [1.165, 1.54) is 0 Å². The molecule has 0 radical (unpaired) electrons. The third-order valence-electron chi connectivity index (χ3n) is 13.1. The van der Waals surface area contributed by atoms with Crippen molar-refractivity contribution in [3.8, 4) is 0 Å². The molecule has 0 aromatic heterocycles. The zero-order valence-corrected chi connectivity index (χ0v) is 41.1. The van der Waals surface area contributed by atoms with Gasteiger partial charge in [-0.2, -0.15) is 4.58 Å². The standard InChI is InChI=1S/C52H75N5O13/c1-31(2)22-24-57-37-21-19-33(50(70)55-28-39(61)46(66)48(68)41(63)30-59)26-35(37)52(5,6)43(57)16-12-9-7-8-11-15-42-51(3,4)34-25-32(18-20-36(34)56(42)23-14-10-13-17-44(53)64)49(69)54-27-38(60)45(65)47(67)40(62)29-58/h7-9,11-12,15-16,18-21,25-26,31,38-41,45-48,58-63,65-68H,10,13-14,17,22-24,27-30H2,1-6H3,(H3-,53,54,55,64,69,70)/p+1. The topological polar surface area (TPSA) is 310 Å². The lowest BCUT2D eigenvalue weighted by Crippen LogP contribution is -2.49. The van der Waals surface area contributed by atoms with Crippen molar-refractivity contribution in [1.29, 1.82) is 0 Å². The maximum atomic E-state index is 13.3. The number of allylic oxidation sites excluding steroid dienone is 8. The number of benzene rings is 2. The zero-order valence-electron chi connectivity index (χ0n) is 41.1. The minimum atomic E-state index is -1.82. The molecule has 2 aliphatic rings. The van der Waals surface area contributed by atoms with E-state index < -0.39 is 97.8 Å². The maximum Gasteiger partial charge on any atom is 0.251 e. The number of amides is 3. The highest BCUT2D eigenvalue weighted by atomic mass is 16.4. The van der Waals surface area contributed by atoms with Crippen LogP contribution in [0, 0.1) is 5.92 Å². The summed E-state index contributed by atoms with van der Waals surface area (Å²) in [5, 5.41) is 104. The van der Waals surface area contributed by atoms with Gasteiger partial charge in [0.1, 0.15) is 43.2 Å². The number of anilines is 1. The number of primary amides is 1. The van der Waals surface area contributed by atoms with Crippen molar-refractivity contribution in [2.24, 2.45) is 11.7 Å². The van der Waals surface area contributed by atoms with Gasteiger partial charge in [-0.05, 0) is 74.6 Å². The number of aliphatic hydroxyl groups excluding tert-OH is 10. The molecule has 0 saturated carbocycles. The molecule has 4 rings (SSSR count). The fourth-order valence-electron chi connectivity index (χ4n) is 8.70. The van der Waals surface area contributed by atoms with Crippen LogP contribution in [-0.4, -0.2) is 167 Å². The van der Waals surface area contributed by atoms with Gasteiger partial charge in [0.15, 0.2) is 5.71 Å². The van der Waals surface area contributed by atoms with Gasteiger partial charge in [-0.1, -0.05) is 64.5 Å². The lowest BCUT2D eigenvalue weighted by atomic mass is 9.80. The fraction of sp³-hybridized carbons (Fsp3) is 0.538. The van der Waals surface area contributed by atoms with Gasteiger partial charge in [0.05, 0.1) is 30.8 Å². The van der Waals surface area contributed by atoms with Gasteiger partial charge in [0.25, 0.3) is 11.8 Å². The number of hydrogen-bond acceptors (Lipinski definition) is 14. The number of aliphatic hydroxyl groups is 10. The van der Waals surface area contributed by atoms with Crippen LogP contribution in [0.15, 0.2) is 84.6 Å². The Morgan fingerprint density at radius 3 is 1.73 bits per heavy atom. The predicted molar refractivity (Wildman–Crippen MR) is 266 cm³/mol. The lowest BCUT2D eigenvalue weighted by Gasteiger charge is -2.27. The van der Waals surface area contributed by atoms with E-state index in [2.05, 4.69) is 67.7 Å². The molecule has 0 fully saturated rings. The molecule has 0 bridgehead atoms. The van der Waals surface area contributed by atoms with Crippen molar-refractivity contribution in [2.75, 3.05) is 44.3 Å². The van der Waals surface area contributed by atoms with Gasteiger partial charge >= 0.3 is 0 Å². The third kappa shape index (κ3) is 14.3. The van der Waals surface area contributed by atoms with Crippen molar-refractivity contribution in [1.82, 2.24) is 10.6 Å². The van der Waals surface area contributed by atoms with Gasteiger partial charge < -0.3 is 72.3 Å². The molecule has 2 aromatic rings. The SMILES string of the molecule is CC(C)CC[N+]1=C(/C=C/C=C/C=C/C=C2/N(CCCCCC(N)=O)c3ccc(C(=O)NCC(O)C(O)C(O)C(O)CO)cc3C2(C)C)C(C)(C)c2cc(C(=O)NCC(O)C(O)C(O)C(O)CO)ccc21. The Balaban J connectivity index is 1.53. The second-order valence-electron chi connectivity index (χ2n) is 19.6. The Bertz CT molecular complexity index is 2270. The Morgan fingerprint density at radius 2 is 1.19 bits per heavy atom. The second-order valence-corrected chi connectivity index (χ2v) is 19.6. The van der Waals surface area contributed by atoms with Crippen LogP contribution < -0.4 is 21.3 Å². The van der Waals surface area contributed by atoms with Crippen LogP contribution >= 0.6 is 0 Å². The molecule has 2 aliphatic heterocycles. The Kier molecular flexibility index (Phi) is 21.2. The third-order valence-corrected chi connectivity index (χ3v) is 13.1. The van der Waals surface area contributed by atoms with E-state index in [9.17, 15) is 55.2 Å². The summed E-state index contributed by atoms with van der Waals surface area (Å²) >= 11 is 0. The smallest absolute Gasteiger partial charge is 0.251 e. The van der Waals surface area contributed by atoms with E-state index in [-0.39, 0.29) is 5.91 Å². The van der Waals surface area contributed by atoms with Crippen LogP contribution in [0.5, 0.6) is 0 Å². The molecule has 70 heavy (non-hydrogen) atoms. The van der Waals surface area contributed by atoms with E-state index in [1.54, 1.807) is 18.2 Å². The normalized spacial score (nSPS) is 19.4. The molecule has 0 spiro atoms. The second kappa shape index (κ2) is 25.8. The molecular formula is C52H76N5O13+. The average Bonchev–Trinajstić information content (AvgIpc) is 3.68. The number of nitrogens with zero attached hydrogens (tertiary/aromatic N) is 2. The first-order valence-corrected chi connectivity index (χ1v) is 23.9. The molecule has 3 amide bonds. The van der Waals surface area contributed by atoms with Crippen LogP contribution in [-0.2, 0) is 15.6 Å². The summed E-state index contributed by atoms with van der Waals surface area (Å²) in [6.07, 6.45) is 3.39. The number of carbonyl (C=O) groups is 3. The Hall–Kier alpha value is -5.12. The van der Waals surface area contributed by atoms with Crippen molar-refractivity contribution in [3.63, 3.8) is 0 Å². The zero-order chi connectivity index (χ0) is 52.1. The molecule has 14 N–H and O–H groups in total. The first kappa shape index (κ1) is 57.5. The van der Waals surface area contributed by atoms with Gasteiger partial charge in [0.2, 0.25) is 11.6 Å². The minimum Gasteiger partial charge on any atom is -0.394 e. The number of carbonyl (C=O) groups excluding carboxylic acids is 3. The van der Waals surface area contributed by atoms with Crippen LogP contribution in [0.2, 0.25) is 0 Å². The largest absolute Gasteiger partial charge is 0.394 e. The predicted octanol–water partition coefficient (Wildman–Crippen LogP) is 0.836. The van der Waals surface area contributed by atoms with Crippen molar-refractivity contribution in [3.05, 3.63) is 107 Å². The van der Waals surface area contributed by atoms with Crippen LogP contribution in [0.25, 0.3) is 0 Å². The Labute approximate surface area is 410 Å². The van der Waals surface area contributed by atoms with Crippen LogP contribution in [0.3, 0.4) is 0 Å². The Morgan fingerprint density at radius 1 is 0.671 bits per heavy atom. The number of fused-ring (bicyclic) bond motifs is 2. The first-order chi connectivity index (χ1) is 33.0. The summed E-state index contributed by atoms with van der Waals surface area (Å²) < 4.78 is 2.26. The molecule has 0 saturated heterocycles. The molecule has 8 atom stereocenters. The van der Waals surface area contributed by atoms with Gasteiger partial charge in [0, 0.05) is 78.1 Å². The highest BCUT2D eigenvalue weighted by molar-refractivity contribution is 6.04. The summed E-state index contributed by atoms with van der Waals surface area (Å²) in [6, 6.07) is 10.7. The average molecular weight is 979 g/mol. The molecule has 386 valence electrons. The van der Waals surface area contributed by atoms with E-state index in [0.717, 1.165) is 59.7 Å². The summed E-state index contributed by atoms with van der Waals surface area (Å²) in [5.41, 5.74) is 10.6. The highest BCUT2D eigenvalue weighted by Gasteiger charge is 2.45. The number of nitrogens with one attached hydrogen (secondary N) is 2. The monoisotopic (exact) mass is 979 g/mol. The molecule has 2 aromatic carbocycles. The van der Waals surface area contributed by atoms with E-state index in [4.69, 9.17) is 15.9 Å². The van der Waals surface area contributed by atoms with E-state index >= 15 is 0 Å². The van der Waals surface area contributed by atoms with Gasteiger partial charge in [-0.15, -0.1) is 0 Å². The van der Waals surface area contributed by atoms with Crippen molar-refractivity contribution >= 4 is 34.8 Å². The van der Waals surface area contributed by atoms with Crippen molar-refractivity contribution in [2.45, 2.75) is 133 Å². The van der Waals surface area contributed by atoms with E-state index in [1.807, 2.05) is 54.7 Å². The summed E-state index contributed by atoms with van der Waals surface area (Å²) in [6.45, 7) is 11.5. The highest BCUT2D eigenvalue weighted by Crippen LogP contribution is 2.48. The lowest BCUT2D eigenvalue weighted by molar-refractivity contribution is -0.439. The summed E-state index contributed by atoms with van der Waals surface area (Å²) in [4.78, 5) is 40.1. The number of rotatable bonds is 27. The summed E-state index contributed by atoms with van der Waals surface area (Å²) in [7, 11) is 0. The molecule has 2 heterocycles. The van der Waals surface area contributed by atoms with E-state index in [0.29, 0.717) is 36.4 Å². The number of hydrogen-bond donors (Lipinski definition) is 13. The van der Waals surface area contributed by atoms with Gasteiger partial charge in [-0.25, -0.2) is 0 Å². The van der Waals surface area contributed by atoms with Crippen molar-refractivity contribution < 1.29 is 70.0 Å².